The van der Waals surface area contributed by atoms with Crippen molar-refractivity contribution in [1.29, 1.82) is 0 Å². The Labute approximate surface area is 59.9 Å². The highest BCUT2D eigenvalue weighted by Crippen LogP contribution is 1.68. The zero-order chi connectivity index (χ0) is 8.78. The number of nitrogens with two attached hydrogens (primary N) is 1. The van der Waals surface area contributed by atoms with Crippen LogP contribution in [-0.4, -0.2) is 25.2 Å². The van der Waals surface area contributed by atoms with Gasteiger partial charge in [-0.3, -0.25) is 4.79 Å². The van der Waals surface area contributed by atoms with Crippen molar-refractivity contribution in [2.45, 2.75) is 13.8 Å². The molecule has 0 amide bonds. The predicted octanol–water partition coefficient (Wildman–Crippen LogP) is -0.614. The van der Waals surface area contributed by atoms with Gasteiger partial charge in [0.2, 0.25) is 10.0 Å². The summed E-state index contributed by atoms with van der Waals surface area (Å²) < 4.78 is 19.6. The minimum Gasteiger partial charge on any atom is -0.481 e. The van der Waals surface area contributed by atoms with Gasteiger partial charge in [0.05, 0.1) is 5.75 Å². The summed E-state index contributed by atoms with van der Waals surface area (Å²) in [4.78, 5) is 9.00. The van der Waals surface area contributed by atoms with Crippen molar-refractivity contribution in [3.05, 3.63) is 0 Å². The molecule has 62 valence electrons. The van der Waals surface area contributed by atoms with Crippen LogP contribution in [0.15, 0.2) is 0 Å². The van der Waals surface area contributed by atoms with Crippen LogP contribution in [-0.2, 0) is 14.8 Å². The van der Waals surface area contributed by atoms with Crippen LogP contribution < -0.4 is 5.14 Å². The number of hydrogen-bond acceptors (Lipinski definition) is 3. The fourth-order valence-electron chi connectivity index (χ4n) is 0. The summed E-state index contributed by atoms with van der Waals surface area (Å²) in [5.41, 5.74) is 0. The van der Waals surface area contributed by atoms with Crippen molar-refractivity contribution >= 4 is 16.0 Å². The number of hydrogen-bond donors (Lipinski definition) is 2. The average Bonchev–Trinajstić information content (AvgIpc) is 1.63. The second-order valence-corrected chi connectivity index (χ2v) is 3.37. The molecular formula is C4H11NO4S. The smallest absolute Gasteiger partial charge is 0.300 e. The van der Waals surface area contributed by atoms with E-state index < -0.39 is 16.0 Å². The Morgan fingerprint density at radius 3 is 1.70 bits per heavy atom. The molecule has 6 heteroatoms. The van der Waals surface area contributed by atoms with Crippen molar-refractivity contribution in [3.8, 4) is 0 Å². The molecule has 0 unspecified atom stereocenters. The van der Waals surface area contributed by atoms with Gasteiger partial charge in [0.15, 0.2) is 0 Å². The minimum absolute atomic E-state index is 0.0208. The number of carbonyl (C=O) groups is 1. The second kappa shape index (κ2) is 5.19. The highest BCUT2D eigenvalue weighted by atomic mass is 32.2. The van der Waals surface area contributed by atoms with Crippen molar-refractivity contribution in [1.82, 2.24) is 0 Å². The van der Waals surface area contributed by atoms with E-state index in [2.05, 4.69) is 5.14 Å². The molecule has 0 heterocycles. The van der Waals surface area contributed by atoms with Gasteiger partial charge >= 0.3 is 0 Å². The Bertz CT molecular complexity index is 179. The van der Waals surface area contributed by atoms with Gasteiger partial charge in [-0.05, 0) is 6.92 Å². The first-order valence-electron chi connectivity index (χ1n) is 2.49. The molecule has 0 aliphatic carbocycles. The summed E-state index contributed by atoms with van der Waals surface area (Å²) in [7, 11) is -3.16. The lowest BCUT2D eigenvalue weighted by Gasteiger charge is -1.81. The van der Waals surface area contributed by atoms with Gasteiger partial charge < -0.3 is 5.11 Å². The number of rotatable bonds is 1. The van der Waals surface area contributed by atoms with Gasteiger partial charge in [-0.25, -0.2) is 13.6 Å². The Morgan fingerprint density at radius 2 is 1.70 bits per heavy atom. The van der Waals surface area contributed by atoms with Crippen LogP contribution >= 0.6 is 0 Å². The lowest BCUT2D eigenvalue weighted by Crippen LogP contribution is -2.13. The molecule has 0 saturated heterocycles. The van der Waals surface area contributed by atoms with Gasteiger partial charge in [0.1, 0.15) is 0 Å². The van der Waals surface area contributed by atoms with Crippen molar-refractivity contribution in [3.63, 3.8) is 0 Å². The summed E-state index contributed by atoms with van der Waals surface area (Å²) in [5, 5.41) is 11.9. The van der Waals surface area contributed by atoms with Crippen molar-refractivity contribution in [2.75, 3.05) is 5.75 Å². The maximum Gasteiger partial charge on any atom is 0.300 e. The summed E-state index contributed by atoms with van der Waals surface area (Å²) in [6.45, 7) is 2.58. The van der Waals surface area contributed by atoms with Gasteiger partial charge in [-0.2, -0.15) is 0 Å². The molecule has 0 aliphatic heterocycles. The van der Waals surface area contributed by atoms with E-state index in [4.69, 9.17) is 9.90 Å². The van der Waals surface area contributed by atoms with E-state index in [0.717, 1.165) is 6.92 Å². The topological polar surface area (TPSA) is 97.5 Å². The Hall–Kier alpha value is -0.620. The van der Waals surface area contributed by atoms with E-state index in [9.17, 15) is 8.42 Å². The maximum absolute atomic E-state index is 9.78. The quantitative estimate of drug-likeness (QED) is 0.547. The molecule has 0 rings (SSSR count). The molecule has 0 radical (unpaired) electrons. The van der Waals surface area contributed by atoms with E-state index in [1.807, 2.05) is 0 Å². The lowest BCUT2D eigenvalue weighted by atomic mass is 10.9. The Morgan fingerprint density at radius 1 is 1.60 bits per heavy atom. The summed E-state index contributed by atoms with van der Waals surface area (Å²) in [5.74, 6) is -0.812. The predicted molar refractivity (Wildman–Crippen MR) is 37.0 cm³/mol. The minimum atomic E-state index is -3.16. The number of aliphatic carboxylic acids is 1. The monoisotopic (exact) mass is 169 g/mol. The first-order chi connectivity index (χ1) is 4.29. The number of carboxylic acids is 1. The Kier molecular flexibility index (Phi) is 6.27. The van der Waals surface area contributed by atoms with Crippen LogP contribution in [0.4, 0.5) is 0 Å². The summed E-state index contributed by atoms with van der Waals surface area (Å²) in [6.07, 6.45) is 0. The number of carboxylic acid groups (broad SMARTS) is 1. The van der Waals surface area contributed by atoms with E-state index in [-0.39, 0.29) is 5.75 Å². The third-order valence-corrected chi connectivity index (χ3v) is 1.21. The average molecular weight is 169 g/mol. The SMILES string of the molecule is CC(=O)O.CCS(N)(=O)=O. The highest BCUT2D eigenvalue weighted by Gasteiger charge is 1.90. The first-order valence-corrected chi connectivity index (χ1v) is 4.21. The maximum atomic E-state index is 9.78. The molecule has 5 nitrogen and oxygen atoms in total. The second-order valence-electron chi connectivity index (χ2n) is 1.47. The zero-order valence-corrected chi connectivity index (χ0v) is 6.68. The molecule has 0 aliphatic rings. The largest absolute Gasteiger partial charge is 0.481 e. The molecule has 0 aromatic rings. The normalized spacial score (nSPS) is 9.50. The molecule has 0 aromatic carbocycles. The van der Waals surface area contributed by atoms with Crippen LogP contribution in [0, 0.1) is 0 Å². The number of primary sulfonamides is 1. The van der Waals surface area contributed by atoms with Crippen LogP contribution in [0.1, 0.15) is 13.8 Å². The zero-order valence-electron chi connectivity index (χ0n) is 5.86. The summed E-state index contributed by atoms with van der Waals surface area (Å²) in [6, 6.07) is 0. The van der Waals surface area contributed by atoms with Crippen molar-refractivity contribution in [2.24, 2.45) is 5.14 Å². The molecule has 0 aromatic heterocycles. The molecule has 0 fully saturated rings. The molecule has 0 atom stereocenters. The lowest BCUT2D eigenvalue weighted by molar-refractivity contribution is -0.134. The fourth-order valence-corrected chi connectivity index (χ4v) is 0. The fraction of sp³-hybridized carbons (Fsp3) is 0.750. The van der Waals surface area contributed by atoms with Gasteiger partial charge in [0.25, 0.3) is 5.97 Å². The van der Waals surface area contributed by atoms with E-state index in [1.165, 1.54) is 6.92 Å². The third-order valence-electron chi connectivity index (χ3n) is 0.402. The van der Waals surface area contributed by atoms with Gasteiger partial charge in [-0.15, -0.1) is 0 Å². The van der Waals surface area contributed by atoms with Crippen molar-refractivity contribution < 1.29 is 18.3 Å². The van der Waals surface area contributed by atoms with Gasteiger partial charge in [0, 0.05) is 6.92 Å². The Balaban J connectivity index is 0. The third kappa shape index (κ3) is 53.0. The standard InChI is InChI=1S/C2H7NO2S.C2H4O2/c1-2-6(3,4)5;1-2(3)4/h2H2,1H3,(H2,3,4,5);1H3,(H,3,4). The molecule has 3 N–H and O–H groups in total. The first kappa shape index (κ1) is 12.1. The van der Waals surface area contributed by atoms with Crippen LogP contribution in [0.3, 0.4) is 0 Å². The summed E-state index contributed by atoms with van der Waals surface area (Å²) >= 11 is 0. The van der Waals surface area contributed by atoms with Crippen LogP contribution in [0.5, 0.6) is 0 Å². The van der Waals surface area contributed by atoms with Gasteiger partial charge in [-0.1, -0.05) is 0 Å². The molecule has 10 heavy (non-hydrogen) atoms. The van der Waals surface area contributed by atoms with Crippen LogP contribution in [0.25, 0.3) is 0 Å². The van der Waals surface area contributed by atoms with E-state index in [1.54, 1.807) is 0 Å². The van der Waals surface area contributed by atoms with Crippen LogP contribution in [0.2, 0.25) is 0 Å². The highest BCUT2D eigenvalue weighted by molar-refractivity contribution is 7.89. The van der Waals surface area contributed by atoms with E-state index in [0.29, 0.717) is 0 Å². The van der Waals surface area contributed by atoms with E-state index >= 15 is 0 Å². The molecular weight excluding hydrogens is 158 g/mol. The molecule has 0 spiro atoms. The molecule has 0 saturated carbocycles. The molecule has 0 bridgehead atoms. The number of sulfonamides is 1.